The molecule has 0 bridgehead atoms. The highest BCUT2D eigenvalue weighted by atomic mass is 79.9. The second-order valence-electron chi connectivity index (χ2n) is 11.7. The summed E-state index contributed by atoms with van der Waals surface area (Å²) in [7, 11) is 7.46. The predicted octanol–water partition coefficient (Wildman–Crippen LogP) is 9.37. The van der Waals surface area contributed by atoms with Gasteiger partial charge in [-0.15, -0.1) is 0 Å². The number of Topliss-reactive ketones (excluding diaryl/α,β-unsaturated/α-hetero) is 1. The van der Waals surface area contributed by atoms with Crippen LogP contribution < -0.4 is 15.3 Å². The molecule has 1 spiro atoms. The van der Waals surface area contributed by atoms with E-state index in [2.05, 4.69) is 114 Å². The Morgan fingerprint density at radius 3 is 1.83 bits per heavy atom. The number of halogens is 1. The highest BCUT2D eigenvalue weighted by molar-refractivity contribution is 9.10. The molecule has 3 aromatic carbocycles. The Kier molecular flexibility index (Phi) is 15.4. The summed E-state index contributed by atoms with van der Waals surface area (Å²) < 4.78 is 18.2. The fraction of sp³-hybridized carbons (Fsp3) is 0.400. The van der Waals surface area contributed by atoms with Gasteiger partial charge in [0.1, 0.15) is 6.61 Å². The largest absolute Gasteiger partial charge is 0.370 e. The maximum Gasteiger partial charge on any atom is 0.172 e. The Bertz CT molecular complexity index is 1380. The van der Waals surface area contributed by atoms with Crippen LogP contribution in [0.4, 0.5) is 17.1 Å². The molecule has 0 radical (unpaired) electrons. The van der Waals surface area contributed by atoms with Crippen molar-refractivity contribution in [1.29, 1.82) is 0 Å². The highest BCUT2D eigenvalue weighted by Gasteiger charge is 2.37. The van der Waals surface area contributed by atoms with Gasteiger partial charge in [-0.3, -0.25) is 4.79 Å². The van der Waals surface area contributed by atoms with Gasteiger partial charge in [-0.2, -0.15) is 0 Å². The van der Waals surface area contributed by atoms with E-state index in [1.54, 1.807) is 6.92 Å². The molecule has 3 aromatic rings. The van der Waals surface area contributed by atoms with Crippen molar-refractivity contribution in [2.75, 3.05) is 35.1 Å². The van der Waals surface area contributed by atoms with Crippen LogP contribution in [0.15, 0.2) is 83.3 Å². The predicted molar refractivity (Wildman–Crippen MR) is 205 cm³/mol. The maximum absolute atomic E-state index is 10.9. The van der Waals surface area contributed by atoms with Gasteiger partial charge in [-0.25, -0.2) is 0 Å². The van der Waals surface area contributed by atoms with Crippen LogP contribution in [0.5, 0.6) is 0 Å². The highest BCUT2D eigenvalue weighted by Crippen LogP contribution is 2.38. The number of carbonyl (C=O) groups excluding carboxylic acids is 1. The second kappa shape index (κ2) is 19.2. The number of ether oxygens (including phenoxy) is 3. The summed E-state index contributed by atoms with van der Waals surface area (Å²) in [6.07, 6.45) is 9.79. The van der Waals surface area contributed by atoms with Crippen molar-refractivity contribution in [1.82, 2.24) is 0 Å². The van der Waals surface area contributed by atoms with Gasteiger partial charge in [-0.05, 0) is 138 Å². The van der Waals surface area contributed by atoms with Gasteiger partial charge in [0.25, 0.3) is 0 Å². The van der Waals surface area contributed by atoms with Crippen LogP contribution in [0.1, 0.15) is 68.9 Å². The van der Waals surface area contributed by atoms with Gasteiger partial charge in [0, 0.05) is 34.4 Å². The topological polar surface area (TPSA) is 80.9 Å². The molecular formula is C35H47BrN3O4P3. The molecule has 3 atom stereocenters. The van der Waals surface area contributed by atoms with Crippen LogP contribution in [0.25, 0.3) is 5.57 Å². The average molecular weight is 747 g/mol. The van der Waals surface area contributed by atoms with Crippen LogP contribution in [-0.4, -0.2) is 37.5 Å². The normalized spacial score (nSPS) is 19.9. The minimum absolute atomic E-state index is 0.114. The van der Waals surface area contributed by atoms with E-state index in [4.69, 9.17) is 14.2 Å². The molecule has 3 unspecified atom stereocenters. The molecule has 3 N–H and O–H groups in total. The van der Waals surface area contributed by atoms with Crippen LogP contribution >= 0.6 is 44.1 Å². The van der Waals surface area contributed by atoms with Crippen molar-refractivity contribution in [3.8, 4) is 0 Å². The van der Waals surface area contributed by atoms with Crippen molar-refractivity contribution in [2.45, 2.75) is 69.7 Å². The molecule has 7 nitrogen and oxygen atoms in total. The first kappa shape index (κ1) is 36.9. The number of ketones is 1. The molecule has 46 heavy (non-hydrogen) atoms. The van der Waals surface area contributed by atoms with Gasteiger partial charge < -0.3 is 29.5 Å². The van der Waals surface area contributed by atoms with Crippen LogP contribution in [0, 0.1) is 0 Å². The van der Waals surface area contributed by atoms with E-state index in [1.807, 2.05) is 24.3 Å². The average Bonchev–Trinajstić information content (AvgIpc) is 3.56. The monoisotopic (exact) mass is 745 g/mol. The number of benzene rings is 3. The Balaban J connectivity index is 0.000000166. The lowest BCUT2D eigenvalue weighted by atomic mass is 9.82. The smallest absolute Gasteiger partial charge is 0.172 e. The zero-order valence-corrected chi connectivity index (χ0v) is 31.5. The number of rotatable bonds is 8. The van der Waals surface area contributed by atoms with Crippen molar-refractivity contribution in [2.24, 2.45) is 0 Å². The number of hydrogen-bond acceptors (Lipinski definition) is 7. The second-order valence-corrected chi connectivity index (χ2v) is 13.4. The minimum atomic E-state index is -0.314. The first-order valence-corrected chi connectivity index (χ1v) is 18.3. The standard InChI is InChI=1S/C15H22NO2P.C14H18NO2P.C6H7BrNP/c1-11(17)10-18-15-8-4-13(5-9-15)12-2-6-14(16-19)7-3-12;18-15-13-3-1-11(2-4-13)12-5-7-14(8-6-12)16-9-10-17-14;7-5-1-3-6(8-9)4-2-5/h2-3,6-7,13,15-16H,4-5,8-10,19H2,1H3;1-5,15H,6-10,18H2;1-4,8H,9H2. The SMILES string of the molecule is CC(=O)COC1CCC(c2ccc(NP)cc2)CC1.PNc1ccc(Br)cc1.PNc1ccc(C2=CCC3(CC2)OCCO3)cc1. The Hall–Kier alpha value is -1.88. The summed E-state index contributed by atoms with van der Waals surface area (Å²) in [5.41, 5.74) is 7.44. The van der Waals surface area contributed by atoms with E-state index >= 15 is 0 Å². The third-order valence-electron chi connectivity index (χ3n) is 8.43. The first-order chi connectivity index (χ1) is 22.3. The molecule has 1 aliphatic heterocycles. The lowest BCUT2D eigenvalue weighted by molar-refractivity contribution is -0.159. The first-order valence-electron chi connectivity index (χ1n) is 15.8. The fourth-order valence-electron chi connectivity index (χ4n) is 5.81. The molecule has 2 fully saturated rings. The number of allylic oxidation sites excluding steroid dienone is 1. The summed E-state index contributed by atoms with van der Waals surface area (Å²) in [5.74, 6) is 0.434. The molecule has 1 heterocycles. The summed E-state index contributed by atoms with van der Waals surface area (Å²) in [4.78, 5) is 10.9. The van der Waals surface area contributed by atoms with Gasteiger partial charge in [0.15, 0.2) is 11.6 Å². The molecule has 1 saturated heterocycles. The summed E-state index contributed by atoms with van der Waals surface area (Å²) in [6, 6.07) is 25.1. The fourth-order valence-corrected chi connectivity index (χ4v) is 6.65. The van der Waals surface area contributed by atoms with Crippen LogP contribution in [-0.2, 0) is 19.0 Å². The Morgan fingerprint density at radius 1 is 0.826 bits per heavy atom. The molecule has 6 rings (SSSR count). The van der Waals surface area contributed by atoms with E-state index in [9.17, 15) is 4.79 Å². The summed E-state index contributed by atoms with van der Waals surface area (Å²) >= 11 is 3.34. The van der Waals surface area contributed by atoms with E-state index in [0.29, 0.717) is 5.92 Å². The molecule has 0 amide bonds. The third kappa shape index (κ3) is 11.7. The van der Waals surface area contributed by atoms with Crippen molar-refractivity contribution in [3.63, 3.8) is 0 Å². The van der Waals surface area contributed by atoms with Gasteiger partial charge in [0.2, 0.25) is 0 Å². The lowest BCUT2D eigenvalue weighted by Gasteiger charge is -2.30. The third-order valence-corrected chi connectivity index (χ3v) is 9.96. The molecule has 1 saturated carbocycles. The van der Waals surface area contributed by atoms with E-state index in [0.717, 1.165) is 79.7 Å². The van der Waals surface area contributed by atoms with Gasteiger partial charge in [0.05, 0.1) is 19.3 Å². The zero-order chi connectivity index (χ0) is 32.8. The van der Waals surface area contributed by atoms with E-state index in [1.165, 1.54) is 16.7 Å². The minimum Gasteiger partial charge on any atom is -0.370 e. The quantitative estimate of drug-likeness (QED) is 0.198. The van der Waals surface area contributed by atoms with Gasteiger partial charge in [-0.1, -0.05) is 46.3 Å². The maximum atomic E-state index is 10.9. The molecule has 11 heteroatoms. The van der Waals surface area contributed by atoms with Crippen LogP contribution in [0.2, 0.25) is 0 Å². The summed E-state index contributed by atoms with van der Waals surface area (Å²) in [6.45, 7) is 3.31. The number of nitrogens with one attached hydrogen (secondary N) is 3. The number of carbonyl (C=O) groups is 1. The lowest BCUT2D eigenvalue weighted by Crippen LogP contribution is -2.31. The van der Waals surface area contributed by atoms with Crippen molar-refractivity contribution in [3.05, 3.63) is 94.5 Å². The molecular weight excluding hydrogens is 699 g/mol. The molecule has 3 aliphatic rings. The Labute approximate surface area is 289 Å². The number of hydrogen-bond donors (Lipinski definition) is 3. The van der Waals surface area contributed by atoms with E-state index < -0.39 is 0 Å². The zero-order valence-electron chi connectivity index (χ0n) is 26.5. The number of anilines is 3. The van der Waals surface area contributed by atoms with Crippen LogP contribution in [0.3, 0.4) is 0 Å². The molecule has 2 aliphatic carbocycles. The van der Waals surface area contributed by atoms with E-state index in [-0.39, 0.29) is 24.3 Å². The Morgan fingerprint density at radius 2 is 1.35 bits per heavy atom. The molecule has 248 valence electrons. The molecule has 0 aromatic heterocycles. The summed E-state index contributed by atoms with van der Waals surface area (Å²) in [5, 5.41) is 9.06. The van der Waals surface area contributed by atoms with Gasteiger partial charge >= 0.3 is 0 Å². The van der Waals surface area contributed by atoms with Crippen molar-refractivity contribution >= 4 is 72.5 Å². The van der Waals surface area contributed by atoms with Crippen molar-refractivity contribution < 1.29 is 19.0 Å².